The molecular formula is C20H22O6. The molecular weight excluding hydrogens is 336 g/mol. The van der Waals surface area contributed by atoms with Crippen molar-refractivity contribution in [3.63, 3.8) is 0 Å². The van der Waals surface area contributed by atoms with Crippen molar-refractivity contribution >= 4 is 0 Å². The molecule has 0 aromatic heterocycles. The number of hydrogen-bond donors (Lipinski definition) is 2. The van der Waals surface area contributed by atoms with Gasteiger partial charge in [-0.15, -0.1) is 0 Å². The Hall–Kier alpha value is -1.80. The molecule has 4 rings (SSSR count). The fourth-order valence-corrected chi connectivity index (χ4v) is 3.34. The van der Waals surface area contributed by atoms with Gasteiger partial charge in [0.1, 0.15) is 24.4 Å². The molecule has 6 nitrogen and oxygen atoms in total. The van der Waals surface area contributed by atoms with Gasteiger partial charge in [-0.05, 0) is 0 Å². The highest BCUT2D eigenvalue weighted by Gasteiger charge is 2.47. The number of aliphatic hydroxyl groups is 2. The number of benzene rings is 2. The van der Waals surface area contributed by atoms with E-state index in [0.717, 1.165) is 11.1 Å². The first-order valence-corrected chi connectivity index (χ1v) is 8.73. The van der Waals surface area contributed by atoms with Gasteiger partial charge < -0.3 is 29.2 Å². The normalized spacial score (nSPS) is 34.7. The molecule has 0 amide bonds. The Labute approximate surface area is 151 Å². The van der Waals surface area contributed by atoms with Gasteiger partial charge in [0, 0.05) is 11.1 Å². The molecule has 2 heterocycles. The maximum absolute atomic E-state index is 10.6. The van der Waals surface area contributed by atoms with Crippen LogP contribution in [0.3, 0.4) is 0 Å². The summed E-state index contributed by atoms with van der Waals surface area (Å²) in [6, 6.07) is 18.9. The van der Waals surface area contributed by atoms with E-state index in [0.29, 0.717) is 0 Å². The second kappa shape index (κ2) is 7.84. The molecule has 0 aliphatic carbocycles. The molecule has 2 saturated heterocycles. The van der Waals surface area contributed by atoms with Gasteiger partial charge in [0.05, 0.1) is 13.2 Å². The highest BCUT2D eigenvalue weighted by molar-refractivity contribution is 5.18. The summed E-state index contributed by atoms with van der Waals surface area (Å²) in [5, 5.41) is 20.4. The van der Waals surface area contributed by atoms with Crippen molar-refractivity contribution in [2.45, 2.75) is 37.0 Å². The molecule has 0 saturated carbocycles. The number of ether oxygens (including phenoxy) is 4. The van der Waals surface area contributed by atoms with E-state index in [1.54, 1.807) is 0 Å². The molecule has 6 atom stereocenters. The highest BCUT2D eigenvalue weighted by atomic mass is 16.8. The second-order valence-corrected chi connectivity index (χ2v) is 6.44. The van der Waals surface area contributed by atoms with E-state index < -0.39 is 37.0 Å². The van der Waals surface area contributed by atoms with E-state index in [1.807, 2.05) is 60.7 Å². The van der Waals surface area contributed by atoms with Gasteiger partial charge in [-0.2, -0.15) is 0 Å². The molecule has 2 aromatic carbocycles. The molecule has 0 bridgehead atoms. The van der Waals surface area contributed by atoms with Crippen LogP contribution in [0.2, 0.25) is 0 Å². The summed E-state index contributed by atoms with van der Waals surface area (Å²) in [5.41, 5.74) is 1.66. The standard InChI is InChI=1S/C20H22O6/c21-11-16-18-17(25-20(24-16)14-9-5-2-6-10-14)15(22)12-23-19(26-18)13-7-3-1-4-8-13/h1-10,15-22H,11-12H2/t15-,16+,17-,18-,19?,20?/m0/s1. The Morgan fingerprint density at radius 1 is 0.769 bits per heavy atom. The monoisotopic (exact) mass is 358 g/mol. The van der Waals surface area contributed by atoms with Gasteiger partial charge in [-0.25, -0.2) is 0 Å². The minimum absolute atomic E-state index is 0.0698. The fourth-order valence-electron chi connectivity index (χ4n) is 3.34. The van der Waals surface area contributed by atoms with Crippen molar-refractivity contribution in [3.05, 3.63) is 71.8 Å². The molecule has 2 N–H and O–H groups in total. The lowest BCUT2D eigenvalue weighted by molar-refractivity contribution is -0.322. The summed E-state index contributed by atoms with van der Waals surface area (Å²) in [4.78, 5) is 0. The second-order valence-electron chi connectivity index (χ2n) is 6.44. The van der Waals surface area contributed by atoms with Gasteiger partial charge >= 0.3 is 0 Å². The fraction of sp³-hybridized carbons (Fsp3) is 0.400. The minimum atomic E-state index is -0.891. The largest absolute Gasteiger partial charge is 0.394 e. The summed E-state index contributed by atoms with van der Waals surface area (Å²) in [6.07, 6.45) is -4.18. The Balaban J connectivity index is 1.59. The van der Waals surface area contributed by atoms with Crippen molar-refractivity contribution in [2.75, 3.05) is 13.2 Å². The van der Waals surface area contributed by atoms with Crippen LogP contribution in [0.15, 0.2) is 60.7 Å². The number of aliphatic hydroxyl groups excluding tert-OH is 2. The zero-order valence-electron chi connectivity index (χ0n) is 14.2. The lowest BCUT2D eigenvalue weighted by Crippen LogP contribution is -2.54. The van der Waals surface area contributed by atoms with Crippen LogP contribution in [0.5, 0.6) is 0 Å². The van der Waals surface area contributed by atoms with Crippen LogP contribution in [0.25, 0.3) is 0 Å². The third kappa shape index (κ3) is 3.53. The van der Waals surface area contributed by atoms with Crippen molar-refractivity contribution in [3.8, 4) is 0 Å². The highest BCUT2D eigenvalue weighted by Crippen LogP contribution is 2.37. The van der Waals surface area contributed by atoms with Crippen molar-refractivity contribution in [1.29, 1.82) is 0 Å². The first kappa shape index (κ1) is 17.6. The van der Waals surface area contributed by atoms with Crippen LogP contribution in [0.4, 0.5) is 0 Å². The topological polar surface area (TPSA) is 77.4 Å². The van der Waals surface area contributed by atoms with Gasteiger partial charge in [0.15, 0.2) is 12.6 Å². The van der Waals surface area contributed by atoms with Gasteiger partial charge in [-0.3, -0.25) is 0 Å². The molecule has 2 fully saturated rings. The summed E-state index contributed by atoms with van der Waals surface area (Å²) < 4.78 is 23.7. The predicted octanol–water partition coefficient (Wildman–Crippen LogP) is 1.94. The molecule has 2 aliphatic heterocycles. The molecule has 2 aliphatic rings. The van der Waals surface area contributed by atoms with Gasteiger partial charge in [0.25, 0.3) is 0 Å². The third-order valence-electron chi connectivity index (χ3n) is 4.67. The van der Waals surface area contributed by atoms with Crippen LogP contribution >= 0.6 is 0 Å². The molecule has 6 heteroatoms. The summed E-state index contributed by atoms with van der Waals surface area (Å²) in [6.45, 7) is -0.178. The zero-order chi connectivity index (χ0) is 17.9. The average molecular weight is 358 g/mol. The van der Waals surface area contributed by atoms with Crippen molar-refractivity contribution in [2.24, 2.45) is 0 Å². The van der Waals surface area contributed by atoms with E-state index >= 15 is 0 Å². The lowest BCUT2D eigenvalue weighted by Gasteiger charge is -2.41. The Bertz CT molecular complexity index is 656. The molecule has 0 radical (unpaired) electrons. The maximum Gasteiger partial charge on any atom is 0.184 e. The van der Waals surface area contributed by atoms with Gasteiger partial charge in [0.2, 0.25) is 0 Å². The van der Waals surface area contributed by atoms with Crippen molar-refractivity contribution in [1.82, 2.24) is 0 Å². The van der Waals surface area contributed by atoms with Crippen LogP contribution in [0.1, 0.15) is 23.7 Å². The molecule has 138 valence electrons. The summed E-state index contributed by atoms with van der Waals surface area (Å²) in [7, 11) is 0. The van der Waals surface area contributed by atoms with Crippen LogP contribution in [0, 0.1) is 0 Å². The van der Waals surface area contributed by atoms with E-state index in [9.17, 15) is 10.2 Å². The molecule has 2 unspecified atom stereocenters. The van der Waals surface area contributed by atoms with Crippen LogP contribution in [-0.2, 0) is 18.9 Å². The molecule has 26 heavy (non-hydrogen) atoms. The Morgan fingerprint density at radius 2 is 1.35 bits per heavy atom. The van der Waals surface area contributed by atoms with E-state index in [-0.39, 0.29) is 13.2 Å². The zero-order valence-corrected chi connectivity index (χ0v) is 14.2. The van der Waals surface area contributed by atoms with E-state index in [1.165, 1.54) is 0 Å². The Morgan fingerprint density at radius 3 is 1.96 bits per heavy atom. The quantitative estimate of drug-likeness (QED) is 0.873. The first-order valence-electron chi connectivity index (χ1n) is 8.73. The maximum atomic E-state index is 10.6. The Kier molecular flexibility index (Phi) is 5.31. The smallest absolute Gasteiger partial charge is 0.184 e. The van der Waals surface area contributed by atoms with Crippen LogP contribution in [-0.4, -0.2) is 47.8 Å². The SMILES string of the molecule is OC[C@H]1OC(c2ccccc2)O[C@@H]2[C@H]1OC(c1ccccc1)OC[C@@H]2O. The number of hydrogen-bond acceptors (Lipinski definition) is 6. The average Bonchev–Trinajstić information content (AvgIpc) is 2.88. The third-order valence-corrected chi connectivity index (χ3v) is 4.67. The minimum Gasteiger partial charge on any atom is -0.394 e. The first-order chi connectivity index (χ1) is 12.8. The molecule has 0 spiro atoms. The number of rotatable bonds is 3. The van der Waals surface area contributed by atoms with E-state index in [2.05, 4.69) is 0 Å². The lowest BCUT2D eigenvalue weighted by atomic mass is 10.0. The van der Waals surface area contributed by atoms with Crippen LogP contribution < -0.4 is 0 Å². The summed E-state index contributed by atoms with van der Waals surface area (Å²) in [5.74, 6) is 0. The number of fused-ring (bicyclic) bond motifs is 1. The van der Waals surface area contributed by atoms with Gasteiger partial charge in [-0.1, -0.05) is 60.7 Å². The summed E-state index contributed by atoms with van der Waals surface area (Å²) >= 11 is 0. The predicted molar refractivity (Wildman–Crippen MR) is 92.0 cm³/mol. The van der Waals surface area contributed by atoms with E-state index in [4.69, 9.17) is 18.9 Å². The molecule has 2 aromatic rings. The van der Waals surface area contributed by atoms with Crippen molar-refractivity contribution < 1.29 is 29.2 Å².